The number of nitrogens with one attached hydrogen (secondary N) is 1. The number of rotatable bonds is 6. The van der Waals surface area contributed by atoms with Crippen LogP contribution in [-0.4, -0.2) is 41.6 Å². The van der Waals surface area contributed by atoms with Crippen LogP contribution in [0.25, 0.3) is 16.5 Å². The number of H-pyrrole nitrogens is 1. The second kappa shape index (κ2) is 8.62. The second-order valence-corrected chi connectivity index (χ2v) is 7.62. The topological polar surface area (TPSA) is 58.2 Å². The summed E-state index contributed by atoms with van der Waals surface area (Å²) < 4.78 is 5.36. The first-order valence-corrected chi connectivity index (χ1v) is 10.2. The number of para-hydroxylation sites is 1. The maximum absolute atomic E-state index is 12.4. The predicted octanol–water partition coefficient (Wildman–Crippen LogP) is 3.96. The number of hydrogen-bond acceptors (Lipinski definition) is 4. The molecule has 29 heavy (non-hydrogen) atoms. The van der Waals surface area contributed by atoms with Crippen LogP contribution in [0.3, 0.4) is 0 Å². The Hall–Kier alpha value is -2.92. The molecule has 2 heterocycles. The summed E-state index contributed by atoms with van der Waals surface area (Å²) >= 11 is 0. The quantitative estimate of drug-likeness (QED) is 0.693. The van der Waals surface area contributed by atoms with E-state index in [1.807, 2.05) is 12.1 Å². The van der Waals surface area contributed by atoms with Gasteiger partial charge in [-0.3, -0.25) is 9.69 Å². The van der Waals surface area contributed by atoms with Gasteiger partial charge in [-0.2, -0.15) is 0 Å². The molecule has 0 radical (unpaired) electrons. The van der Waals surface area contributed by atoms with Crippen LogP contribution in [0.15, 0.2) is 53.3 Å². The van der Waals surface area contributed by atoms with Gasteiger partial charge in [-0.25, -0.2) is 4.98 Å². The van der Waals surface area contributed by atoms with Gasteiger partial charge in [0.25, 0.3) is 5.56 Å². The minimum absolute atomic E-state index is 0.104. The fourth-order valence-electron chi connectivity index (χ4n) is 3.88. The first kappa shape index (κ1) is 19.4. The van der Waals surface area contributed by atoms with Gasteiger partial charge in [0.15, 0.2) is 0 Å². The van der Waals surface area contributed by atoms with E-state index < -0.39 is 0 Å². The highest BCUT2D eigenvalue weighted by molar-refractivity contribution is 5.83. The summed E-state index contributed by atoms with van der Waals surface area (Å²) in [6.45, 7) is 5.15. The molecule has 5 nitrogen and oxygen atoms in total. The van der Waals surface area contributed by atoms with Gasteiger partial charge >= 0.3 is 0 Å². The summed E-state index contributed by atoms with van der Waals surface area (Å²) in [5, 5.41) is 0.568. The molecule has 0 unspecified atom stereocenters. The van der Waals surface area contributed by atoms with Gasteiger partial charge in [0, 0.05) is 19.5 Å². The highest BCUT2D eigenvalue weighted by Crippen LogP contribution is 2.23. The van der Waals surface area contributed by atoms with Crippen LogP contribution < -0.4 is 10.3 Å². The molecule has 1 aliphatic heterocycles. The number of nitrogens with zero attached hydrogens (tertiary/aromatic N) is 2. The Morgan fingerprint density at radius 1 is 1.17 bits per heavy atom. The minimum Gasteiger partial charge on any atom is -0.494 e. The lowest BCUT2D eigenvalue weighted by Gasteiger charge is -2.26. The van der Waals surface area contributed by atoms with E-state index >= 15 is 0 Å². The van der Waals surface area contributed by atoms with Crippen LogP contribution in [0.1, 0.15) is 29.8 Å². The molecule has 1 aliphatic rings. The van der Waals surface area contributed by atoms with Crippen molar-refractivity contribution in [2.24, 2.45) is 0 Å². The van der Waals surface area contributed by atoms with Crippen molar-refractivity contribution >= 4 is 16.5 Å². The van der Waals surface area contributed by atoms with Crippen LogP contribution in [0.5, 0.6) is 5.75 Å². The number of aromatic amines is 1. The Kier molecular flexibility index (Phi) is 5.76. The molecule has 0 bridgehead atoms. The van der Waals surface area contributed by atoms with Gasteiger partial charge in [0.05, 0.1) is 12.5 Å². The molecule has 4 rings (SSSR count). The van der Waals surface area contributed by atoms with Crippen molar-refractivity contribution in [3.63, 3.8) is 0 Å². The lowest BCUT2D eigenvalue weighted by Crippen LogP contribution is -2.30. The molecule has 150 valence electrons. The van der Waals surface area contributed by atoms with Crippen LogP contribution in [0, 0.1) is 6.92 Å². The summed E-state index contributed by atoms with van der Waals surface area (Å²) in [6.07, 6.45) is 5.12. The summed E-state index contributed by atoms with van der Waals surface area (Å²) in [5.74, 6) is 1.36. The Balaban J connectivity index is 1.36. The molecule has 5 heteroatoms. The number of ether oxygens (including phenoxy) is 1. The van der Waals surface area contributed by atoms with Crippen molar-refractivity contribution in [1.82, 2.24) is 14.9 Å². The zero-order valence-corrected chi connectivity index (χ0v) is 17.1. The van der Waals surface area contributed by atoms with Crippen molar-refractivity contribution in [1.29, 1.82) is 0 Å². The van der Waals surface area contributed by atoms with Crippen molar-refractivity contribution in [3.8, 4) is 5.75 Å². The molecule has 0 atom stereocenters. The maximum Gasteiger partial charge on any atom is 0.258 e. The fraction of sp³-hybridized carbons (Fsp3) is 0.333. The average Bonchev–Trinajstić information content (AvgIpc) is 2.74. The number of aromatic nitrogens is 2. The van der Waals surface area contributed by atoms with E-state index in [0.717, 1.165) is 44.7 Å². The third-order valence-corrected chi connectivity index (χ3v) is 5.57. The Morgan fingerprint density at radius 2 is 2.00 bits per heavy atom. The molecular weight excluding hydrogens is 362 g/mol. The van der Waals surface area contributed by atoms with Gasteiger partial charge in [0.1, 0.15) is 17.1 Å². The molecular formula is C24H27N3O2. The summed E-state index contributed by atoms with van der Waals surface area (Å²) in [6, 6.07) is 14.2. The lowest BCUT2D eigenvalue weighted by atomic mass is 9.98. The molecule has 3 aromatic rings. The van der Waals surface area contributed by atoms with Crippen LogP contribution in [0.4, 0.5) is 0 Å². The second-order valence-electron chi connectivity index (χ2n) is 7.62. The molecule has 1 N–H and O–H groups in total. The maximum atomic E-state index is 12.4. The Labute approximate surface area is 171 Å². The molecule has 0 saturated carbocycles. The van der Waals surface area contributed by atoms with E-state index in [1.54, 1.807) is 13.2 Å². The first-order chi connectivity index (χ1) is 14.1. The zero-order chi connectivity index (χ0) is 20.2. The third kappa shape index (κ3) is 4.40. The average molecular weight is 389 g/mol. The zero-order valence-electron chi connectivity index (χ0n) is 17.1. The monoisotopic (exact) mass is 389 g/mol. The fourth-order valence-corrected chi connectivity index (χ4v) is 3.88. The smallest absolute Gasteiger partial charge is 0.258 e. The number of hydrogen-bond donors (Lipinski definition) is 1. The molecule has 0 spiro atoms. The van der Waals surface area contributed by atoms with Gasteiger partial charge in [0.2, 0.25) is 0 Å². The van der Waals surface area contributed by atoms with E-state index in [1.165, 1.54) is 16.7 Å². The largest absolute Gasteiger partial charge is 0.494 e. The molecule has 0 saturated heterocycles. The van der Waals surface area contributed by atoms with Crippen molar-refractivity contribution < 1.29 is 4.74 Å². The number of methoxy groups -OCH3 is 1. The first-order valence-electron chi connectivity index (χ1n) is 10.2. The normalized spacial score (nSPS) is 14.8. The van der Waals surface area contributed by atoms with Crippen LogP contribution in [0.2, 0.25) is 0 Å². The summed E-state index contributed by atoms with van der Waals surface area (Å²) in [7, 11) is 1.60. The number of fused-ring (bicyclic) bond motifs is 1. The standard InChI is InChI=1S/C24H27N3O2/c1-17-8-10-18(11-9-17)19-12-15-27(16-13-19)14-4-7-22-25-23-20(24(28)26-22)5-3-6-21(23)29-2/h3,5-6,8-12H,4,7,13-16H2,1-2H3,(H,25,26,28). The van der Waals surface area contributed by atoms with E-state index in [4.69, 9.17) is 4.74 Å². The van der Waals surface area contributed by atoms with E-state index in [9.17, 15) is 4.79 Å². The van der Waals surface area contributed by atoms with Crippen LogP contribution >= 0.6 is 0 Å². The van der Waals surface area contributed by atoms with E-state index in [2.05, 4.69) is 52.1 Å². The third-order valence-electron chi connectivity index (χ3n) is 5.57. The predicted molar refractivity (Wildman–Crippen MR) is 117 cm³/mol. The highest BCUT2D eigenvalue weighted by atomic mass is 16.5. The van der Waals surface area contributed by atoms with Gasteiger partial charge < -0.3 is 9.72 Å². The van der Waals surface area contributed by atoms with Gasteiger partial charge in [-0.1, -0.05) is 42.0 Å². The SMILES string of the molecule is COc1cccc2c(=O)[nH]c(CCCN3CC=C(c4ccc(C)cc4)CC3)nc12. The van der Waals surface area contributed by atoms with Crippen LogP contribution in [-0.2, 0) is 6.42 Å². The number of benzene rings is 2. The molecule has 2 aromatic carbocycles. The number of aryl methyl sites for hydroxylation is 2. The summed E-state index contributed by atoms with van der Waals surface area (Å²) in [5.41, 5.74) is 4.60. The van der Waals surface area contributed by atoms with Crippen molar-refractivity contribution in [2.45, 2.75) is 26.2 Å². The Morgan fingerprint density at radius 3 is 2.72 bits per heavy atom. The summed E-state index contributed by atoms with van der Waals surface area (Å²) in [4.78, 5) is 22.4. The molecule has 0 aliphatic carbocycles. The van der Waals surface area contributed by atoms with Gasteiger partial charge in [-0.05, 0) is 49.6 Å². The molecule has 0 amide bonds. The van der Waals surface area contributed by atoms with Crippen molar-refractivity contribution in [3.05, 3.63) is 75.8 Å². The highest BCUT2D eigenvalue weighted by Gasteiger charge is 2.13. The van der Waals surface area contributed by atoms with E-state index in [-0.39, 0.29) is 5.56 Å². The molecule has 1 aromatic heterocycles. The minimum atomic E-state index is -0.104. The Bertz CT molecular complexity index is 1080. The molecule has 0 fully saturated rings. The van der Waals surface area contributed by atoms with Gasteiger partial charge in [-0.15, -0.1) is 0 Å². The van der Waals surface area contributed by atoms with E-state index in [0.29, 0.717) is 16.7 Å². The van der Waals surface area contributed by atoms with Crippen molar-refractivity contribution in [2.75, 3.05) is 26.7 Å². The lowest BCUT2D eigenvalue weighted by molar-refractivity contribution is 0.297.